The zero-order chi connectivity index (χ0) is 12.3. The van der Waals surface area contributed by atoms with E-state index in [0.717, 1.165) is 5.69 Å². The molecule has 86 valence electrons. The average Bonchev–Trinajstić information content (AvgIpc) is 2.33. The van der Waals surface area contributed by atoms with Crippen LogP contribution in [0.2, 0.25) is 0 Å². The van der Waals surface area contributed by atoms with Gasteiger partial charge in [0.2, 0.25) is 5.91 Å². The first-order valence-corrected chi connectivity index (χ1v) is 5.03. The second kappa shape index (κ2) is 4.52. The Kier molecular flexibility index (Phi) is 2.91. The van der Waals surface area contributed by atoms with E-state index < -0.39 is 5.91 Å². The van der Waals surface area contributed by atoms with Gasteiger partial charge in [0, 0.05) is 17.6 Å². The van der Waals surface area contributed by atoms with E-state index in [2.05, 4.69) is 10.3 Å². The normalized spacial score (nSPS) is 9.88. The van der Waals surface area contributed by atoms with Gasteiger partial charge in [-0.2, -0.15) is 0 Å². The van der Waals surface area contributed by atoms with Gasteiger partial charge < -0.3 is 16.8 Å². The minimum Gasteiger partial charge on any atom is -0.399 e. The van der Waals surface area contributed by atoms with Crippen molar-refractivity contribution < 1.29 is 4.79 Å². The molecule has 0 radical (unpaired) electrons. The van der Waals surface area contributed by atoms with Gasteiger partial charge in [0.25, 0.3) is 0 Å². The number of hydrogen-bond donors (Lipinski definition) is 3. The number of rotatable bonds is 3. The van der Waals surface area contributed by atoms with Crippen molar-refractivity contribution in [3.63, 3.8) is 0 Å². The van der Waals surface area contributed by atoms with Crippen molar-refractivity contribution in [2.45, 2.75) is 0 Å². The summed E-state index contributed by atoms with van der Waals surface area (Å²) < 4.78 is 0. The molecule has 0 unspecified atom stereocenters. The van der Waals surface area contributed by atoms with Crippen molar-refractivity contribution >= 4 is 23.1 Å². The molecule has 0 aliphatic rings. The molecule has 0 atom stereocenters. The molecular weight excluding hydrogens is 216 g/mol. The first-order chi connectivity index (χ1) is 8.15. The van der Waals surface area contributed by atoms with Crippen LogP contribution >= 0.6 is 0 Å². The summed E-state index contributed by atoms with van der Waals surface area (Å²) >= 11 is 0. The summed E-state index contributed by atoms with van der Waals surface area (Å²) in [6.45, 7) is 0. The van der Waals surface area contributed by atoms with E-state index in [-0.39, 0.29) is 0 Å². The number of nitrogens with two attached hydrogens (primary N) is 2. The number of hydrogen-bond acceptors (Lipinski definition) is 4. The molecule has 2 aromatic rings. The number of carbonyl (C=O) groups is 1. The highest BCUT2D eigenvalue weighted by atomic mass is 16.1. The van der Waals surface area contributed by atoms with Crippen LogP contribution in [0.1, 0.15) is 10.4 Å². The van der Waals surface area contributed by atoms with Crippen LogP contribution in [0.15, 0.2) is 42.6 Å². The quantitative estimate of drug-likeness (QED) is 0.694. The number of primary amides is 1. The first-order valence-electron chi connectivity index (χ1n) is 5.03. The fourth-order valence-electron chi connectivity index (χ4n) is 1.33. The van der Waals surface area contributed by atoms with Gasteiger partial charge in [-0.15, -0.1) is 0 Å². The van der Waals surface area contributed by atoms with Crippen LogP contribution in [0.25, 0.3) is 0 Å². The number of amides is 1. The molecule has 0 saturated carbocycles. The van der Waals surface area contributed by atoms with Gasteiger partial charge in [-0.25, -0.2) is 4.98 Å². The van der Waals surface area contributed by atoms with Crippen molar-refractivity contribution in [2.75, 3.05) is 11.1 Å². The Morgan fingerprint density at radius 3 is 2.35 bits per heavy atom. The lowest BCUT2D eigenvalue weighted by atomic mass is 10.2. The second-order valence-electron chi connectivity index (χ2n) is 3.54. The smallest absolute Gasteiger partial charge is 0.250 e. The van der Waals surface area contributed by atoms with Crippen molar-refractivity contribution in [2.24, 2.45) is 5.73 Å². The Bertz CT molecular complexity index is 519. The van der Waals surface area contributed by atoms with Crippen LogP contribution in [-0.2, 0) is 0 Å². The first kappa shape index (κ1) is 10.9. The summed E-state index contributed by atoms with van der Waals surface area (Å²) in [5, 5.41) is 3.08. The highest BCUT2D eigenvalue weighted by molar-refractivity contribution is 5.92. The van der Waals surface area contributed by atoms with Crippen LogP contribution < -0.4 is 16.8 Å². The zero-order valence-electron chi connectivity index (χ0n) is 9.05. The Morgan fingerprint density at radius 1 is 1.12 bits per heavy atom. The molecule has 0 saturated heterocycles. The molecule has 5 heteroatoms. The van der Waals surface area contributed by atoms with E-state index in [0.29, 0.717) is 17.1 Å². The standard InChI is InChI=1S/C12H12N4O/c13-9-2-4-10(5-3-9)16-11-6-1-8(7-15-11)12(14)17/h1-7H,13H2,(H2,14,17)(H,15,16). The van der Waals surface area contributed by atoms with Crippen LogP contribution in [0.3, 0.4) is 0 Å². The molecule has 0 aliphatic carbocycles. The molecule has 0 bridgehead atoms. The zero-order valence-corrected chi connectivity index (χ0v) is 9.05. The van der Waals surface area contributed by atoms with Gasteiger partial charge in [0.1, 0.15) is 5.82 Å². The maximum atomic E-state index is 10.9. The van der Waals surface area contributed by atoms with E-state index in [9.17, 15) is 4.79 Å². The lowest BCUT2D eigenvalue weighted by Crippen LogP contribution is -2.11. The Morgan fingerprint density at radius 2 is 1.82 bits per heavy atom. The summed E-state index contributed by atoms with van der Waals surface area (Å²) in [4.78, 5) is 14.9. The van der Waals surface area contributed by atoms with Gasteiger partial charge in [0.15, 0.2) is 0 Å². The second-order valence-corrected chi connectivity index (χ2v) is 3.54. The number of carbonyl (C=O) groups excluding carboxylic acids is 1. The molecule has 1 aromatic heterocycles. The number of nitrogen functional groups attached to an aromatic ring is 1. The number of pyridine rings is 1. The van der Waals surface area contributed by atoms with Gasteiger partial charge in [0.05, 0.1) is 5.56 Å². The van der Waals surface area contributed by atoms with E-state index in [1.165, 1.54) is 6.20 Å². The topological polar surface area (TPSA) is 94.0 Å². The van der Waals surface area contributed by atoms with Gasteiger partial charge in [-0.05, 0) is 36.4 Å². The van der Waals surface area contributed by atoms with E-state index >= 15 is 0 Å². The van der Waals surface area contributed by atoms with E-state index in [1.807, 2.05) is 12.1 Å². The lowest BCUT2D eigenvalue weighted by Gasteiger charge is -2.05. The molecule has 0 spiro atoms. The van der Waals surface area contributed by atoms with E-state index in [1.54, 1.807) is 24.3 Å². The molecule has 2 rings (SSSR count). The fourth-order valence-corrected chi connectivity index (χ4v) is 1.33. The summed E-state index contributed by atoms with van der Waals surface area (Å²) in [5.74, 6) is 0.149. The number of anilines is 3. The summed E-state index contributed by atoms with van der Waals surface area (Å²) in [6.07, 6.45) is 1.43. The molecule has 5 N–H and O–H groups in total. The molecule has 5 nitrogen and oxygen atoms in total. The maximum Gasteiger partial charge on any atom is 0.250 e. The molecule has 1 amide bonds. The van der Waals surface area contributed by atoms with Crippen LogP contribution in [-0.4, -0.2) is 10.9 Å². The SMILES string of the molecule is NC(=O)c1ccc(Nc2ccc(N)cc2)nc1. The molecule has 17 heavy (non-hydrogen) atoms. The highest BCUT2D eigenvalue weighted by Gasteiger charge is 2.01. The van der Waals surface area contributed by atoms with Crippen molar-refractivity contribution in [1.82, 2.24) is 4.98 Å². The molecule has 1 heterocycles. The third-order valence-corrected chi connectivity index (χ3v) is 2.23. The van der Waals surface area contributed by atoms with Crippen LogP contribution in [0.5, 0.6) is 0 Å². The van der Waals surface area contributed by atoms with Gasteiger partial charge in [-0.1, -0.05) is 0 Å². The lowest BCUT2D eigenvalue weighted by molar-refractivity contribution is 0.1000. The van der Waals surface area contributed by atoms with Crippen molar-refractivity contribution in [1.29, 1.82) is 0 Å². The van der Waals surface area contributed by atoms with Crippen molar-refractivity contribution in [3.05, 3.63) is 48.2 Å². The van der Waals surface area contributed by atoms with Crippen LogP contribution in [0.4, 0.5) is 17.2 Å². The van der Waals surface area contributed by atoms with Crippen LogP contribution in [0, 0.1) is 0 Å². The third-order valence-electron chi connectivity index (χ3n) is 2.23. The fraction of sp³-hybridized carbons (Fsp3) is 0. The average molecular weight is 228 g/mol. The third kappa shape index (κ3) is 2.72. The highest BCUT2D eigenvalue weighted by Crippen LogP contribution is 2.15. The molecule has 0 aliphatic heterocycles. The Labute approximate surface area is 98.5 Å². The van der Waals surface area contributed by atoms with Gasteiger partial charge >= 0.3 is 0 Å². The molecule has 1 aromatic carbocycles. The minimum atomic E-state index is -0.489. The molecule has 0 fully saturated rings. The summed E-state index contributed by atoms with van der Waals surface area (Å²) in [6, 6.07) is 10.6. The predicted molar refractivity (Wildman–Crippen MR) is 66.9 cm³/mol. The van der Waals surface area contributed by atoms with Crippen molar-refractivity contribution in [3.8, 4) is 0 Å². The largest absolute Gasteiger partial charge is 0.399 e. The Hall–Kier alpha value is -2.56. The van der Waals surface area contributed by atoms with E-state index in [4.69, 9.17) is 11.5 Å². The summed E-state index contributed by atoms with van der Waals surface area (Å²) in [7, 11) is 0. The number of benzene rings is 1. The number of nitrogens with zero attached hydrogens (tertiary/aromatic N) is 1. The minimum absolute atomic E-state index is 0.382. The molecular formula is C12H12N4O. The number of aromatic nitrogens is 1. The Balaban J connectivity index is 2.13. The maximum absolute atomic E-state index is 10.9. The summed E-state index contributed by atoms with van der Waals surface area (Å²) in [5.41, 5.74) is 12.7. The van der Waals surface area contributed by atoms with Gasteiger partial charge in [-0.3, -0.25) is 4.79 Å². The monoisotopic (exact) mass is 228 g/mol. The predicted octanol–water partition coefficient (Wildman–Crippen LogP) is 1.51. The number of nitrogens with one attached hydrogen (secondary N) is 1.